The van der Waals surface area contributed by atoms with Crippen molar-refractivity contribution in [3.63, 3.8) is 0 Å². The maximum Gasteiger partial charge on any atom is 0.269 e. The van der Waals surface area contributed by atoms with Gasteiger partial charge in [-0.3, -0.25) is 14.6 Å². The number of amides is 2. The van der Waals surface area contributed by atoms with E-state index in [1.807, 2.05) is 13.8 Å². The first-order chi connectivity index (χ1) is 13.4. The molecule has 1 aromatic heterocycles. The molecule has 1 heterocycles. The van der Waals surface area contributed by atoms with Crippen LogP contribution in [-0.2, 0) is 0 Å². The Balaban J connectivity index is 2.21. The highest BCUT2D eigenvalue weighted by Crippen LogP contribution is 2.40. The predicted octanol–water partition coefficient (Wildman–Crippen LogP) is 2.75. The van der Waals surface area contributed by atoms with Crippen LogP contribution in [0.5, 0.6) is 17.2 Å². The SMILES string of the molecule is COc1cc(NC(=O)c2ccnc(C(=O)NCC(C)C)c2)cc(OC)c1OC. The number of anilines is 1. The Kier molecular flexibility index (Phi) is 7.20. The second-order valence-corrected chi connectivity index (χ2v) is 6.40. The van der Waals surface area contributed by atoms with Gasteiger partial charge < -0.3 is 24.8 Å². The van der Waals surface area contributed by atoms with E-state index in [9.17, 15) is 9.59 Å². The number of nitrogens with one attached hydrogen (secondary N) is 2. The van der Waals surface area contributed by atoms with E-state index < -0.39 is 5.91 Å². The average molecular weight is 387 g/mol. The molecule has 0 unspecified atom stereocenters. The van der Waals surface area contributed by atoms with Gasteiger partial charge in [-0.1, -0.05) is 13.8 Å². The number of pyridine rings is 1. The minimum absolute atomic E-state index is 0.179. The van der Waals surface area contributed by atoms with Crippen molar-refractivity contribution in [2.45, 2.75) is 13.8 Å². The second-order valence-electron chi connectivity index (χ2n) is 6.40. The third-order valence-electron chi connectivity index (χ3n) is 3.85. The quantitative estimate of drug-likeness (QED) is 0.723. The minimum Gasteiger partial charge on any atom is -0.493 e. The molecule has 2 N–H and O–H groups in total. The molecule has 150 valence electrons. The van der Waals surface area contributed by atoms with Crippen LogP contribution < -0.4 is 24.8 Å². The van der Waals surface area contributed by atoms with Crippen molar-refractivity contribution in [2.24, 2.45) is 5.92 Å². The third-order valence-corrected chi connectivity index (χ3v) is 3.85. The molecule has 2 rings (SSSR count). The van der Waals surface area contributed by atoms with E-state index in [2.05, 4.69) is 15.6 Å². The van der Waals surface area contributed by atoms with Crippen molar-refractivity contribution in [3.8, 4) is 17.2 Å². The van der Waals surface area contributed by atoms with Crippen molar-refractivity contribution < 1.29 is 23.8 Å². The number of hydrogen-bond acceptors (Lipinski definition) is 6. The maximum atomic E-state index is 12.6. The van der Waals surface area contributed by atoms with E-state index >= 15 is 0 Å². The van der Waals surface area contributed by atoms with Gasteiger partial charge in [0.15, 0.2) is 11.5 Å². The smallest absolute Gasteiger partial charge is 0.269 e. The molecule has 0 aliphatic carbocycles. The summed E-state index contributed by atoms with van der Waals surface area (Å²) in [5, 5.41) is 5.54. The number of carbonyl (C=O) groups is 2. The molecule has 0 aliphatic rings. The Hall–Kier alpha value is -3.29. The lowest BCUT2D eigenvalue weighted by Gasteiger charge is -2.14. The summed E-state index contributed by atoms with van der Waals surface area (Å²) < 4.78 is 15.8. The van der Waals surface area contributed by atoms with E-state index in [-0.39, 0.29) is 11.6 Å². The molecule has 0 saturated heterocycles. The number of benzene rings is 1. The minimum atomic E-state index is -0.394. The first kappa shape index (κ1) is 21.0. The summed E-state index contributed by atoms with van der Waals surface area (Å²) in [4.78, 5) is 28.8. The summed E-state index contributed by atoms with van der Waals surface area (Å²) in [5.74, 6) is 0.860. The van der Waals surface area contributed by atoms with Gasteiger partial charge in [0, 0.05) is 36.1 Å². The van der Waals surface area contributed by atoms with E-state index in [4.69, 9.17) is 14.2 Å². The molecule has 0 aliphatic heterocycles. The van der Waals surface area contributed by atoms with Crippen LogP contribution in [0.1, 0.15) is 34.7 Å². The van der Waals surface area contributed by atoms with Crippen LogP contribution in [0.15, 0.2) is 30.5 Å². The Bertz CT molecular complexity index is 826. The molecular weight excluding hydrogens is 362 g/mol. The van der Waals surface area contributed by atoms with Crippen LogP contribution in [0.25, 0.3) is 0 Å². The zero-order valence-corrected chi connectivity index (χ0v) is 16.7. The van der Waals surface area contributed by atoms with Crippen molar-refractivity contribution >= 4 is 17.5 Å². The Morgan fingerprint density at radius 3 is 2.18 bits per heavy atom. The fourth-order valence-corrected chi connectivity index (χ4v) is 2.44. The first-order valence-electron chi connectivity index (χ1n) is 8.75. The molecule has 2 amide bonds. The lowest BCUT2D eigenvalue weighted by atomic mass is 10.2. The summed E-state index contributed by atoms with van der Waals surface area (Å²) >= 11 is 0. The second kappa shape index (κ2) is 9.59. The summed E-state index contributed by atoms with van der Waals surface area (Å²) in [6.45, 7) is 4.52. The van der Waals surface area contributed by atoms with Gasteiger partial charge >= 0.3 is 0 Å². The van der Waals surface area contributed by atoms with Gasteiger partial charge in [-0.15, -0.1) is 0 Å². The zero-order valence-electron chi connectivity index (χ0n) is 16.7. The molecule has 0 radical (unpaired) electrons. The molecule has 0 spiro atoms. The van der Waals surface area contributed by atoms with Gasteiger partial charge in [-0.25, -0.2) is 0 Å². The molecule has 28 heavy (non-hydrogen) atoms. The Morgan fingerprint density at radius 2 is 1.64 bits per heavy atom. The van der Waals surface area contributed by atoms with Crippen LogP contribution in [0.4, 0.5) is 5.69 Å². The van der Waals surface area contributed by atoms with Crippen molar-refractivity contribution in [3.05, 3.63) is 41.7 Å². The molecule has 1 aromatic carbocycles. The summed E-state index contributed by atoms with van der Waals surface area (Å²) in [6.07, 6.45) is 1.42. The Morgan fingerprint density at radius 1 is 1.00 bits per heavy atom. The average Bonchev–Trinajstić information content (AvgIpc) is 2.71. The van der Waals surface area contributed by atoms with Crippen LogP contribution in [-0.4, -0.2) is 44.7 Å². The van der Waals surface area contributed by atoms with Gasteiger partial charge in [0.25, 0.3) is 11.8 Å². The lowest BCUT2D eigenvalue weighted by molar-refractivity contribution is 0.0944. The van der Waals surface area contributed by atoms with Crippen LogP contribution in [0, 0.1) is 5.92 Å². The zero-order chi connectivity index (χ0) is 20.7. The summed E-state index contributed by atoms with van der Waals surface area (Å²) in [6, 6.07) is 6.23. The number of nitrogens with zero attached hydrogens (tertiary/aromatic N) is 1. The fraction of sp³-hybridized carbons (Fsp3) is 0.350. The van der Waals surface area contributed by atoms with Crippen LogP contribution >= 0.6 is 0 Å². The van der Waals surface area contributed by atoms with Gasteiger partial charge in [0.2, 0.25) is 5.75 Å². The third kappa shape index (κ3) is 5.12. The number of ether oxygens (including phenoxy) is 3. The number of rotatable bonds is 8. The van der Waals surface area contributed by atoms with Crippen molar-refractivity contribution in [1.29, 1.82) is 0 Å². The predicted molar refractivity (Wildman–Crippen MR) is 105 cm³/mol. The molecule has 2 aromatic rings. The molecule has 0 saturated carbocycles. The standard InChI is InChI=1S/C20H25N3O5/c1-12(2)11-22-20(25)15-8-13(6-7-21-15)19(24)23-14-9-16(26-3)18(28-5)17(10-14)27-4/h6-10,12H,11H2,1-5H3,(H,22,25)(H,23,24). The maximum absolute atomic E-state index is 12.6. The van der Waals surface area contributed by atoms with Gasteiger partial charge in [0.05, 0.1) is 21.3 Å². The summed E-state index contributed by atoms with van der Waals surface area (Å²) in [5.41, 5.74) is 0.943. The van der Waals surface area contributed by atoms with E-state index in [0.717, 1.165) is 0 Å². The topological polar surface area (TPSA) is 98.8 Å². The molecule has 0 fully saturated rings. The molecular formula is C20H25N3O5. The fourth-order valence-electron chi connectivity index (χ4n) is 2.44. The van der Waals surface area contributed by atoms with Crippen molar-refractivity contribution in [1.82, 2.24) is 10.3 Å². The molecule has 8 nitrogen and oxygen atoms in total. The first-order valence-corrected chi connectivity index (χ1v) is 8.75. The van der Waals surface area contributed by atoms with Crippen LogP contribution in [0.3, 0.4) is 0 Å². The number of methoxy groups -OCH3 is 3. The highest BCUT2D eigenvalue weighted by atomic mass is 16.5. The molecule has 0 atom stereocenters. The van der Waals surface area contributed by atoms with E-state index in [0.29, 0.717) is 41.0 Å². The molecule has 0 bridgehead atoms. The Labute approximate surface area is 164 Å². The van der Waals surface area contributed by atoms with E-state index in [1.165, 1.54) is 39.7 Å². The van der Waals surface area contributed by atoms with E-state index in [1.54, 1.807) is 12.1 Å². The lowest BCUT2D eigenvalue weighted by Crippen LogP contribution is -2.28. The highest BCUT2D eigenvalue weighted by molar-refractivity contribution is 6.06. The normalized spacial score (nSPS) is 10.4. The highest BCUT2D eigenvalue weighted by Gasteiger charge is 2.16. The summed E-state index contributed by atoms with van der Waals surface area (Å²) in [7, 11) is 4.49. The number of aromatic nitrogens is 1. The van der Waals surface area contributed by atoms with Gasteiger partial charge in [0.1, 0.15) is 5.69 Å². The molecule has 8 heteroatoms. The number of carbonyl (C=O) groups excluding carboxylic acids is 2. The monoisotopic (exact) mass is 387 g/mol. The largest absolute Gasteiger partial charge is 0.493 e. The van der Waals surface area contributed by atoms with Crippen molar-refractivity contribution in [2.75, 3.05) is 33.2 Å². The van der Waals surface area contributed by atoms with Gasteiger partial charge in [-0.05, 0) is 18.1 Å². The van der Waals surface area contributed by atoms with Crippen LogP contribution in [0.2, 0.25) is 0 Å². The van der Waals surface area contributed by atoms with Gasteiger partial charge in [-0.2, -0.15) is 0 Å². The number of hydrogen-bond donors (Lipinski definition) is 2.